The van der Waals surface area contributed by atoms with Gasteiger partial charge < -0.3 is 14.5 Å². The summed E-state index contributed by atoms with van der Waals surface area (Å²) >= 11 is 0. The molecule has 1 spiro atoms. The van der Waals surface area contributed by atoms with Crippen LogP contribution in [0.5, 0.6) is 0 Å². The second-order valence-electron chi connectivity index (χ2n) is 6.90. The summed E-state index contributed by atoms with van der Waals surface area (Å²) in [6.07, 6.45) is 7.42. The Hall–Kier alpha value is -1.95. The lowest BCUT2D eigenvalue weighted by atomic mass is 9.77. The molecular formula is C19H27N3O3. The Kier molecular flexibility index (Phi) is 5.37. The van der Waals surface area contributed by atoms with E-state index in [-0.39, 0.29) is 23.4 Å². The number of likely N-dealkylation sites (tertiary alicyclic amines) is 2. The van der Waals surface area contributed by atoms with E-state index in [0.717, 1.165) is 32.2 Å². The van der Waals surface area contributed by atoms with Gasteiger partial charge in [-0.25, -0.2) is 0 Å². The molecule has 2 amide bonds. The number of nitrogens with zero attached hydrogens (tertiary/aromatic N) is 3. The van der Waals surface area contributed by atoms with Crippen molar-refractivity contribution in [2.24, 2.45) is 0 Å². The average molecular weight is 345 g/mol. The Morgan fingerprint density at radius 3 is 2.80 bits per heavy atom. The highest BCUT2D eigenvalue weighted by atomic mass is 16.5. The molecule has 136 valence electrons. The zero-order valence-corrected chi connectivity index (χ0v) is 15.1. The minimum atomic E-state index is -0.245. The highest BCUT2D eigenvalue weighted by Gasteiger charge is 2.53. The summed E-state index contributed by atoms with van der Waals surface area (Å²) in [5.41, 5.74) is 0.420. The number of pyridine rings is 1. The van der Waals surface area contributed by atoms with Crippen molar-refractivity contribution in [1.29, 1.82) is 0 Å². The lowest BCUT2D eigenvalue weighted by molar-refractivity contribution is -0.135. The summed E-state index contributed by atoms with van der Waals surface area (Å²) in [7, 11) is 1.66. The number of rotatable bonds is 5. The van der Waals surface area contributed by atoms with Crippen molar-refractivity contribution < 1.29 is 14.3 Å². The molecular weight excluding hydrogens is 318 g/mol. The molecule has 3 heterocycles. The third kappa shape index (κ3) is 3.15. The predicted molar refractivity (Wildman–Crippen MR) is 94.1 cm³/mol. The van der Waals surface area contributed by atoms with Gasteiger partial charge in [0, 0.05) is 44.6 Å². The van der Waals surface area contributed by atoms with E-state index in [1.165, 1.54) is 0 Å². The van der Waals surface area contributed by atoms with E-state index in [1.807, 2.05) is 9.80 Å². The topological polar surface area (TPSA) is 62.7 Å². The zero-order chi connectivity index (χ0) is 17.9. The smallest absolute Gasteiger partial charge is 0.254 e. The van der Waals surface area contributed by atoms with Crippen LogP contribution in [-0.2, 0) is 9.53 Å². The van der Waals surface area contributed by atoms with Gasteiger partial charge in [-0.1, -0.05) is 6.92 Å². The van der Waals surface area contributed by atoms with Crippen molar-refractivity contribution in [3.05, 3.63) is 30.1 Å². The van der Waals surface area contributed by atoms with Crippen LogP contribution in [0, 0.1) is 0 Å². The van der Waals surface area contributed by atoms with Crippen LogP contribution < -0.4 is 0 Å². The molecule has 0 bridgehead atoms. The van der Waals surface area contributed by atoms with Gasteiger partial charge in [0.1, 0.15) is 0 Å². The molecule has 0 aliphatic carbocycles. The minimum absolute atomic E-state index is 0.0411. The van der Waals surface area contributed by atoms with E-state index < -0.39 is 0 Å². The van der Waals surface area contributed by atoms with Gasteiger partial charge in [-0.05, 0) is 37.8 Å². The number of methoxy groups -OCH3 is 1. The molecule has 0 aromatic carbocycles. The van der Waals surface area contributed by atoms with Crippen LogP contribution in [0.3, 0.4) is 0 Å². The first-order chi connectivity index (χ1) is 12.1. The summed E-state index contributed by atoms with van der Waals surface area (Å²) < 4.78 is 5.22. The molecule has 6 nitrogen and oxygen atoms in total. The average Bonchev–Trinajstić information content (AvgIpc) is 2.96. The Balaban J connectivity index is 1.90. The molecule has 0 unspecified atom stereocenters. The van der Waals surface area contributed by atoms with Crippen LogP contribution in [0.2, 0.25) is 0 Å². The minimum Gasteiger partial charge on any atom is -0.383 e. The van der Waals surface area contributed by atoms with Crippen molar-refractivity contribution in [2.75, 3.05) is 26.8 Å². The first-order valence-electron chi connectivity index (χ1n) is 9.14. The van der Waals surface area contributed by atoms with Gasteiger partial charge in [-0.15, -0.1) is 0 Å². The van der Waals surface area contributed by atoms with E-state index in [9.17, 15) is 9.59 Å². The Bertz CT molecular complexity index is 622. The van der Waals surface area contributed by atoms with Crippen molar-refractivity contribution in [3.63, 3.8) is 0 Å². The molecule has 2 aliphatic rings. The quantitative estimate of drug-likeness (QED) is 0.820. The monoisotopic (exact) mass is 345 g/mol. The molecule has 3 rings (SSSR count). The largest absolute Gasteiger partial charge is 0.383 e. The van der Waals surface area contributed by atoms with Crippen LogP contribution in [0.15, 0.2) is 24.5 Å². The number of ether oxygens (including phenoxy) is 1. The van der Waals surface area contributed by atoms with Crippen LogP contribution in [0.25, 0.3) is 0 Å². The van der Waals surface area contributed by atoms with E-state index >= 15 is 0 Å². The Labute approximate surface area is 149 Å². The number of hydrogen-bond acceptors (Lipinski definition) is 4. The number of piperidine rings is 1. The van der Waals surface area contributed by atoms with Crippen LogP contribution in [-0.4, -0.2) is 65.0 Å². The van der Waals surface area contributed by atoms with E-state index in [2.05, 4.69) is 11.9 Å². The molecule has 25 heavy (non-hydrogen) atoms. The van der Waals surface area contributed by atoms with Gasteiger partial charge in [-0.2, -0.15) is 0 Å². The molecule has 2 atom stereocenters. The van der Waals surface area contributed by atoms with E-state index in [4.69, 9.17) is 4.74 Å². The lowest BCUT2D eigenvalue weighted by Gasteiger charge is -2.52. The number of carbonyl (C=O) groups is 2. The van der Waals surface area contributed by atoms with Crippen molar-refractivity contribution in [3.8, 4) is 0 Å². The first-order valence-corrected chi connectivity index (χ1v) is 9.14. The number of aromatic nitrogens is 1. The van der Waals surface area contributed by atoms with E-state index in [0.29, 0.717) is 25.1 Å². The molecule has 2 saturated heterocycles. The molecule has 6 heteroatoms. The fourth-order valence-corrected chi connectivity index (χ4v) is 4.65. The standard InChI is InChI=1S/C19H27N3O3/c1-3-16-19(9-5-17(23)22(19)13-14-25-2)8-4-12-21(16)18(24)15-6-10-20-11-7-15/h6-7,10-11,16H,3-5,8-9,12-14H2,1-2H3/t16-,19-/m0/s1. The van der Waals surface area contributed by atoms with Gasteiger partial charge in [0.05, 0.1) is 18.2 Å². The fraction of sp³-hybridized carbons (Fsp3) is 0.632. The maximum Gasteiger partial charge on any atom is 0.254 e. The molecule has 2 fully saturated rings. The first kappa shape index (κ1) is 17.9. The van der Waals surface area contributed by atoms with Crippen molar-refractivity contribution in [1.82, 2.24) is 14.8 Å². The highest BCUT2D eigenvalue weighted by molar-refractivity contribution is 5.94. The third-order valence-electron chi connectivity index (χ3n) is 5.71. The molecule has 0 saturated carbocycles. The molecule has 0 N–H and O–H groups in total. The predicted octanol–water partition coefficient (Wildman–Crippen LogP) is 2.10. The summed E-state index contributed by atoms with van der Waals surface area (Å²) in [5.74, 6) is 0.230. The Morgan fingerprint density at radius 2 is 2.12 bits per heavy atom. The second-order valence-corrected chi connectivity index (χ2v) is 6.90. The maximum atomic E-state index is 13.1. The summed E-state index contributed by atoms with van der Waals surface area (Å²) in [6, 6.07) is 3.57. The van der Waals surface area contributed by atoms with Gasteiger partial charge in [0.15, 0.2) is 0 Å². The molecule has 1 aromatic heterocycles. The highest BCUT2D eigenvalue weighted by Crippen LogP contribution is 2.43. The number of hydrogen-bond donors (Lipinski definition) is 0. The summed E-state index contributed by atoms with van der Waals surface area (Å²) in [6.45, 7) is 3.99. The molecule has 2 aliphatic heterocycles. The van der Waals surface area contributed by atoms with Crippen LogP contribution in [0.4, 0.5) is 0 Å². The summed E-state index contributed by atoms with van der Waals surface area (Å²) in [4.78, 5) is 33.6. The third-order valence-corrected chi connectivity index (χ3v) is 5.71. The lowest BCUT2D eigenvalue weighted by Crippen LogP contribution is -2.64. The van der Waals surface area contributed by atoms with Gasteiger partial charge in [-0.3, -0.25) is 14.6 Å². The maximum absolute atomic E-state index is 13.1. The van der Waals surface area contributed by atoms with Crippen molar-refractivity contribution >= 4 is 11.8 Å². The van der Waals surface area contributed by atoms with Gasteiger partial charge in [0.25, 0.3) is 5.91 Å². The number of amides is 2. The van der Waals surface area contributed by atoms with Crippen LogP contribution in [0.1, 0.15) is 49.4 Å². The fourth-order valence-electron chi connectivity index (χ4n) is 4.65. The van der Waals surface area contributed by atoms with Crippen LogP contribution >= 0.6 is 0 Å². The molecule has 1 aromatic rings. The normalized spacial score (nSPS) is 26.5. The molecule has 0 radical (unpaired) electrons. The van der Waals surface area contributed by atoms with Crippen molar-refractivity contribution in [2.45, 2.75) is 50.6 Å². The number of carbonyl (C=O) groups excluding carboxylic acids is 2. The zero-order valence-electron chi connectivity index (χ0n) is 15.1. The van der Waals surface area contributed by atoms with Gasteiger partial charge >= 0.3 is 0 Å². The SMILES string of the molecule is CC[C@@H]1N(C(=O)c2ccncc2)CCC[C@]12CCC(=O)N2CCOC. The van der Waals surface area contributed by atoms with E-state index in [1.54, 1.807) is 31.6 Å². The van der Waals surface area contributed by atoms with Gasteiger partial charge in [0.2, 0.25) is 5.91 Å². The Morgan fingerprint density at radius 1 is 1.36 bits per heavy atom. The second kappa shape index (κ2) is 7.52. The summed E-state index contributed by atoms with van der Waals surface area (Å²) in [5, 5.41) is 0.